The minimum atomic E-state index is -3.30. The molecule has 0 fully saturated rings. The number of carboxylic acids is 1. The lowest BCUT2D eigenvalue weighted by atomic mass is 10.3. The Morgan fingerprint density at radius 3 is 2.17 bits per heavy atom. The Labute approximate surface area is 108 Å². The molecular weight excluding hydrogens is 276 g/mol. The van der Waals surface area contributed by atoms with Crippen molar-refractivity contribution in [3.63, 3.8) is 0 Å². The second kappa shape index (κ2) is 5.62. The van der Waals surface area contributed by atoms with Gasteiger partial charge in [-0.2, -0.15) is 0 Å². The standard InChI is InChI=1S/C11H14O5S2/c1-3-10(11(12)13)17(14)8-4-6-9(7-5-8)18(2,15)16/h4-7,10H,3H2,1-2H3,(H,12,13). The first-order valence-electron chi connectivity index (χ1n) is 5.21. The summed E-state index contributed by atoms with van der Waals surface area (Å²) in [5.41, 5.74) is 0. The number of aliphatic carboxylic acids is 1. The molecule has 0 aliphatic heterocycles. The van der Waals surface area contributed by atoms with E-state index in [0.717, 1.165) is 6.26 Å². The summed E-state index contributed by atoms with van der Waals surface area (Å²) in [6.07, 6.45) is 1.32. The van der Waals surface area contributed by atoms with E-state index in [2.05, 4.69) is 0 Å². The van der Waals surface area contributed by atoms with Crippen LogP contribution in [0.5, 0.6) is 0 Å². The molecule has 2 unspecified atom stereocenters. The Morgan fingerprint density at radius 2 is 1.83 bits per heavy atom. The smallest absolute Gasteiger partial charge is 0.319 e. The number of hydrogen-bond acceptors (Lipinski definition) is 4. The quantitative estimate of drug-likeness (QED) is 0.876. The minimum Gasteiger partial charge on any atom is -0.480 e. The van der Waals surface area contributed by atoms with Gasteiger partial charge in [0.2, 0.25) is 0 Å². The molecule has 0 heterocycles. The molecule has 1 rings (SSSR count). The predicted octanol–water partition coefficient (Wildman–Crippen LogP) is 1.06. The topological polar surface area (TPSA) is 88.5 Å². The monoisotopic (exact) mass is 290 g/mol. The van der Waals surface area contributed by atoms with E-state index >= 15 is 0 Å². The zero-order valence-corrected chi connectivity index (χ0v) is 11.6. The van der Waals surface area contributed by atoms with Crippen LogP contribution in [0.15, 0.2) is 34.1 Å². The molecule has 0 spiro atoms. The Morgan fingerprint density at radius 1 is 1.33 bits per heavy atom. The largest absolute Gasteiger partial charge is 0.480 e. The van der Waals surface area contributed by atoms with Crippen LogP contribution in [-0.4, -0.2) is 35.2 Å². The highest BCUT2D eigenvalue weighted by atomic mass is 32.2. The zero-order valence-electron chi connectivity index (χ0n) is 9.99. The zero-order chi connectivity index (χ0) is 13.9. The second-order valence-electron chi connectivity index (χ2n) is 3.78. The van der Waals surface area contributed by atoms with Gasteiger partial charge in [-0.05, 0) is 30.7 Å². The molecule has 0 aliphatic carbocycles. The van der Waals surface area contributed by atoms with Crippen LogP contribution in [0, 0.1) is 0 Å². The van der Waals surface area contributed by atoms with E-state index < -0.39 is 31.9 Å². The van der Waals surface area contributed by atoms with Gasteiger partial charge in [0.25, 0.3) is 0 Å². The van der Waals surface area contributed by atoms with Gasteiger partial charge in [0.15, 0.2) is 9.84 Å². The third-order valence-corrected chi connectivity index (χ3v) is 5.31. The number of benzene rings is 1. The highest BCUT2D eigenvalue weighted by Crippen LogP contribution is 2.17. The van der Waals surface area contributed by atoms with E-state index in [0.29, 0.717) is 4.90 Å². The van der Waals surface area contributed by atoms with Crippen molar-refractivity contribution in [1.29, 1.82) is 0 Å². The van der Waals surface area contributed by atoms with Gasteiger partial charge in [0.05, 0.1) is 15.7 Å². The van der Waals surface area contributed by atoms with Gasteiger partial charge in [0.1, 0.15) is 5.25 Å². The van der Waals surface area contributed by atoms with Crippen LogP contribution in [0.2, 0.25) is 0 Å². The van der Waals surface area contributed by atoms with Crippen LogP contribution in [0.4, 0.5) is 0 Å². The average molecular weight is 290 g/mol. The normalized spacial score (nSPS) is 15.0. The Balaban J connectivity index is 3.06. The number of rotatable bonds is 5. The van der Waals surface area contributed by atoms with Gasteiger partial charge in [-0.25, -0.2) is 8.42 Å². The molecule has 7 heteroatoms. The van der Waals surface area contributed by atoms with E-state index in [9.17, 15) is 17.4 Å². The molecule has 0 radical (unpaired) electrons. The predicted molar refractivity (Wildman–Crippen MR) is 67.7 cm³/mol. The highest BCUT2D eigenvalue weighted by Gasteiger charge is 2.24. The first-order chi connectivity index (χ1) is 8.27. The van der Waals surface area contributed by atoms with Gasteiger partial charge in [-0.1, -0.05) is 6.92 Å². The lowest BCUT2D eigenvalue weighted by molar-refractivity contribution is -0.136. The summed E-state index contributed by atoms with van der Waals surface area (Å²) < 4.78 is 34.4. The van der Waals surface area contributed by atoms with Crippen LogP contribution in [0.1, 0.15) is 13.3 Å². The van der Waals surface area contributed by atoms with E-state index in [1.165, 1.54) is 24.3 Å². The molecule has 0 amide bonds. The third kappa shape index (κ3) is 3.39. The van der Waals surface area contributed by atoms with E-state index in [4.69, 9.17) is 5.11 Å². The maximum atomic E-state index is 12.0. The van der Waals surface area contributed by atoms with Gasteiger partial charge >= 0.3 is 5.97 Å². The lowest BCUT2D eigenvalue weighted by Gasteiger charge is -2.09. The third-order valence-electron chi connectivity index (χ3n) is 2.39. The van der Waals surface area contributed by atoms with Crippen molar-refractivity contribution in [2.75, 3.05) is 6.26 Å². The molecule has 0 saturated heterocycles. The van der Waals surface area contributed by atoms with Crippen LogP contribution in [0.3, 0.4) is 0 Å². The lowest BCUT2D eigenvalue weighted by Crippen LogP contribution is -2.24. The molecule has 2 atom stereocenters. The van der Waals surface area contributed by atoms with Crippen molar-refractivity contribution < 1.29 is 22.5 Å². The van der Waals surface area contributed by atoms with Crippen molar-refractivity contribution in [3.05, 3.63) is 24.3 Å². The molecular formula is C11H14O5S2. The van der Waals surface area contributed by atoms with Crippen LogP contribution in [0.25, 0.3) is 0 Å². The van der Waals surface area contributed by atoms with Crippen LogP contribution in [-0.2, 0) is 25.4 Å². The Bertz CT molecular complexity index is 560. The summed E-state index contributed by atoms with van der Waals surface area (Å²) in [6.45, 7) is 1.64. The average Bonchev–Trinajstić information content (AvgIpc) is 2.28. The summed E-state index contributed by atoms with van der Waals surface area (Å²) in [7, 11) is -4.98. The molecule has 1 N–H and O–H groups in total. The summed E-state index contributed by atoms with van der Waals surface area (Å²) in [5.74, 6) is -1.12. The Kier molecular flexibility index (Phi) is 4.64. The maximum Gasteiger partial charge on any atom is 0.319 e. The molecule has 18 heavy (non-hydrogen) atoms. The molecule has 1 aromatic rings. The van der Waals surface area contributed by atoms with E-state index in [-0.39, 0.29) is 11.3 Å². The van der Waals surface area contributed by atoms with Crippen molar-refractivity contribution >= 4 is 26.6 Å². The fourth-order valence-corrected chi connectivity index (χ4v) is 3.25. The molecule has 0 bridgehead atoms. The SMILES string of the molecule is CCC(C(=O)O)S(=O)c1ccc(S(C)(=O)=O)cc1. The summed E-state index contributed by atoms with van der Waals surface area (Å²) in [4.78, 5) is 11.3. The molecule has 0 aromatic heterocycles. The number of sulfone groups is 1. The van der Waals surface area contributed by atoms with Gasteiger partial charge < -0.3 is 5.11 Å². The number of carbonyl (C=O) groups is 1. The van der Waals surface area contributed by atoms with E-state index in [1.807, 2.05) is 0 Å². The van der Waals surface area contributed by atoms with Crippen LogP contribution >= 0.6 is 0 Å². The summed E-state index contributed by atoms with van der Waals surface area (Å²) in [5, 5.41) is 7.92. The van der Waals surface area contributed by atoms with Crippen molar-refractivity contribution in [2.24, 2.45) is 0 Å². The number of hydrogen-bond donors (Lipinski definition) is 1. The minimum absolute atomic E-state index is 0.117. The molecule has 5 nitrogen and oxygen atoms in total. The fraction of sp³-hybridized carbons (Fsp3) is 0.364. The molecule has 0 saturated carbocycles. The first-order valence-corrected chi connectivity index (χ1v) is 8.31. The summed E-state index contributed by atoms with van der Waals surface area (Å²) >= 11 is 0. The van der Waals surface area contributed by atoms with Gasteiger partial charge in [-0.3, -0.25) is 9.00 Å². The fourth-order valence-electron chi connectivity index (χ4n) is 1.40. The molecule has 1 aromatic carbocycles. The van der Waals surface area contributed by atoms with E-state index in [1.54, 1.807) is 6.92 Å². The van der Waals surface area contributed by atoms with Crippen molar-refractivity contribution in [1.82, 2.24) is 0 Å². The Hall–Kier alpha value is -1.21. The highest BCUT2D eigenvalue weighted by molar-refractivity contribution is 7.90. The van der Waals surface area contributed by atoms with Crippen LogP contribution < -0.4 is 0 Å². The van der Waals surface area contributed by atoms with Crippen molar-refractivity contribution in [2.45, 2.75) is 28.4 Å². The molecule has 100 valence electrons. The second-order valence-corrected chi connectivity index (χ2v) is 7.43. The molecule has 0 aliphatic rings. The van der Waals surface area contributed by atoms with Gasteiger partial charge in [0, 0.05) is 11.2 Å². The summed E-state index contributed by atoms with van der Waals surface area (Å²) in [6, 6.07) is 5.43. The number of carboxylic acid groups (broad SMARTS) is 1. The maximum absolute atomic E-state index is 12.0. The first kappa shape index (κ1) is 14.8. The van der Waals surface area contributed by atoms with Gasteiger partial charge in [-0.15, -0.1) is 0 Å². The van der Waals surface area contributed by atoms with Crippen molar-refractivity contribution in [3.8, 4) is 0 Å².